The Morgan fingerprint density at radius 2 is 1.95 bits per heavy atom. The minimum atomic E-state index is -0.975. The minimum absolute atomic E-state index is 0.145. The van der Waals surface area contributed by atoms with Gasteiger partial charge in [0.05, 0.1) is 23.6 Å². The second-order valence-electron chi connectivity index (χ2n) is 4.38. The molecule has 2 aromatic rings. The van der Waals surface area contributed by atoms with Crippen LogP contribution in [0.25, 0.3) is 0 Å². The van der Waals surface area contributed by atoms with E-state index in [4.69, 9.17) is 5.11 Å². The van der Waals surface area contributed by atoms with Crippen LogP contribution in [0.2, 0.25) is 0 Å². The van der Waals surface area contributed by atoms with Gasteiger partial charge in [-0.1, -0.05) is 13.8 Å². The second-order valence-corrected chi connectivity index (χ2v) is 4.38. The summed E-state index contributed by atoms with van der Waals surface area (Å²) in [4.78, 5) is 23.2. The van der Waals surface area contributed by atoms with E-state index in [1.807, 2.05) is 13.8 Å². The number of aromatic carboxylic acids is 1. The molecular weight excluding hydrogens is 244 g/mol. The molecule has 2 heterocycles. The van der Waals surface area contributed by atoms with Gasteiger partial charge in [-0.05, 0) is 18.1 Å². The van der Waals surface area contributed by atoms with Gasteiger partial charge in [0.25, 0.3) is 0 Å². The zero-order valence-electron chi connectivity index (χ0n) is 10.7. The maximum Gasteiger partial charge on any atom is 0.335 e. The number of rotatable bonds is 4. The van der Waals surface area contributed by atoms with Crippen molar-refractivity contribution in [3.63, 3.8) is 0 Å². The largest absolute Gasteiger partial charge is 0.478 e. The van der Waals surface area contributed by atoms with Crippen LogP contribution in [-0.4, -0.2) is 26.0 Å². The van der Waals surface area contributed by atoms with E-state index in [0.717, 1.165) is 5.69 Å². The monoisotopic (exact) mass is 258 g/mol. The number of nitrogens with zero attached hydrogens (tertiary/aromatic N) is 3. The van der Waals surface area contributed by atoms with Crippen LogP contribution in [0.5, 0.6) is 0 Å². The molecule has 98 valence electrons. The summed E-state index contributed by atoms with van der Waals surface area (Å²) in [5.74, 6) is -0.359. The van der Waals surface area contributed by atoms with Crippen molar-refractivity contribution < 1.29 is 9.90 Å². The van der Waals surface area contributed by atoms with E-state index in [2.05, 4.69) is 20.3 Å². The Balaban J connectivity index is 2.36. The Bertz CT molecular complexity index is 584. The summed E-state index contributed by atoms with van der Waals surface area (Å²) in [7, 11) is 0. The number of carboxylic acid groups (broad SMARTS) is 1. The fraction of sp³-hybridized carbons (Fsp3) is 0.231. The van der Waals surface area contributed by atoms with Crippen molar-refractivity contribution in [1.82, 2.24) is 15.0 Å². The van der Waals surface area contributed by atoms with Crippen molar-refractivity contribution >= 4 is 17.5 Å². The van der Waals surface area contributed by atoms with Gasteiger partial charge in [-0.3, -0.25) is 0 Å². The van der Waals surface area contributed by atoms with Gasteiger partial charge in [0.2, 0.25) is 0 Å². The molecule has 0 aliphatic rings. The van der Waals surface area contributed by atoms with Crippen LogP contribution in [-0.2, 0) is 0 Å². The molecule has 0 aliphatic carbocycles. The molecule has 6 heteroatoms. The lowest BCUT2D eigenvalue weighted by molar-refractivity contribution is 0.0696. The molecule has 0 unspecified atom stereocenters. The summed E-state index contributed by atoms with van der Waals surface area (Å²) in [6.45, 7) is 3.92. The molecule has 0 saturated heterocycles. The van der Waals surface area contributed by atoms with Crippen LogP contribution in [0, 0.1) is 0 Å². The third-order valence-corrected chi connectivity index (χ3v) is 2.52. The van der Waals surface area contributed by atoms with Crippen LogP contribution in [0.4, 0.5) is 11.5 Å². The Morgan fingerprint density at radius 3 is 2.53 bits per heavy atom. The highest BCUT2D eigenvalue weighted by molar-refractivity contribution is 5.88. The smallest absolute Gasteiger partial charge is 0.335 e. The highest BCUT2D eigenvalue weighted by atomic mass is 16.4. The van der Waals surface area contributed by atoms with E-state index < -0.39 is 5.97 Å². The van der Waals surface area contributed by atoms with Crippen LogP contribution in [0.15, 0.2) is 30.9 Å². The fourth-order valence-electron chi connectivity index (χ4n) is 1.55. The molecular formula is C13H14N4O2. The number of aromatic nitrogens is 3. The van der Waals surface area contributed by atoms with Gasteiger partial charge in [-0.25, -0.2) is 19.7 Å². The van der Waals surface area contributed by atoms with Crippen molar-refractivity contribution in [2.45, 2.75) is 19.8 Å². The van der Waals surface area contributed by atoms with Gasteiger partial charge in [-0.15, -0.1) is 0 Å². The molecule has 0 saturated carbocycles. The number of carbonyl (C=O) groups is 1. The summed E-state index contributed by atoms with van der Waals surface area (Å²) in [5.41, 5.74) is 1.59. The highest BCUT2D eigenvalue weighted by Gasteiger charge is 2.11. The number of pyridine rings is 1. The maximum absolute atomic E-state index is 11.1. The van der Waals surface area contributed by atoms with Crippen LogP contribution >= 0.6 is 0 Å². The number of nitrogens with one attached hydrogen (secondary N) is 1. The first-order valence-corrected chi connectivity index (χ1v) is 5.83. The van der Waals surface area contributed by atoms with Crippen molar-refractivity contribution in [2.75, 3.05) is 5.32 Å². The molecule has 0 fully saturated rings. The molecule has 0 atom stereocenters. The van der Waals surface area contributed by atoms with Gasteiger partial charge < -0.3 is 10.4 Å². The van der Waals surface area contributed by atoms with Crippen LogP contribution in [0.3, 0.4) is 0 Å². The zero-order valence-corrected chi connectivity index (χ0v) is 10.7. The first-order valence-electron chi connectivity index (χ1n) is 5.83. The van der Waals surface area contributed by atoms with Gasteiger partial charge in [-0.2, -0.15) is 0 Å². The number of hydrogen-bond donors (Lipinski definition) is 2. The topological polar surface area (TPSA) is 88.0 Å². The molecule has 0 amide bonds. The average molecular weight is 258 g/mol. The van der Waals surface area contributed by atoms with Crippen molar-refractivity contribution in [1.29, 1.82) is 0 Å². The molecule has 0 aliphatic heterocycles. The standard InChI is InChI=1S/C13H14N4O2/c1-8(2)11-3-9(13(18)19)4-12(17-11)16-10-5-14-7-15-6-10/h3-8H,1-2H3,(H,16,17)(H,18,19). The molecule has 0 bridgehead atoms. The quantitative estimate of drug-likeness (QED) is 0.875. The Hall–Kier alpha value is -2.50. The van der Waals surface area contributed by atoms with Crippen molar-refractivity contribution in [3.05, 3.63) is 42.1 Å². The zero-order chi connectivity index (χ0) is 13.8. The van der Waals surface area contributed by atoms with Crippen molar-refractivity contribution in [2.24, 2.45) is 0 Å². The predicted molar refractivity (Wildman–Crippen MR) is 70.6 cm³/mol. The number of carboxylic acids is 1. The SMILES string of the molecule is CC(C)c1cc(C(=O)O)cc(Nc2cncnc2)n1. The third kappa shape index (κ3) is 3.25. The molecule has 19 heavy (non-hydrogen) atoms. The molecule has 2 aromatic heterocycles. The molecule has 0 aromatic carbocycles. The molecule has 0 radical (unpaired) electrons. The van der Waals surface area contributed by atoms with Crippen molar-refractivity contribution in [3.8, 4) is 0 Å². The maximum atomic E-state index is 11.1. The minimum Gasteiger partial charge on any atom is -0.478 e. The molecule has 0 spiro atoms. The van der Waals surface area contributed by atoms with E-state index >= 15 is 0 Å². The molecule has 2 N–H and O–H groups in total. The number of anilines is 2. The lowest BCUT2D eigenvalue weighted by Gasteiger charge is -2.10. The Morgan fingerprint density at radius 1 is 1.26 bits per heavy atom. The third-order valence-electron chi connectivity index (χ3n) is 2.52. The Kier molecular flexibility index (Phi) is 3.70. The van der Waals surface area contributed by atoms with Gasteiger partial charge in [0.1, 0.15) is 12.1 Å². The highest BCUT2D eigenvalue weighted by Crippen LogP contribution is 2.20. The van der Waals surface area contributed by atoms with Crippen LogP contribution in [0.1, 0.15) is 35.8 Å². The summed E-state index contributed by atoms with van der Waals surface area (Å²) >= 11 is 0. The number of hydrogen-bond acceptors (Lipinski definition) is 5. The van der Waals surface area contributed by atoms with E-state index in [9.17, 15) is 4.79 Å². The summed E-state index contributed by atoms with van der Waals surface area (Å²) in [6.07, 6.45) is 4.61. The van der Waals surface area contributed by atoms with Crippen LogP contribution < -0.4 is 5.32 Å². The summed E-state index contributed by atoms with van der Waals surface area (Å²) < 4.78 is 0. The predicted octanol–water partition coefficient (Wildman–Crippen LogP) is 2.44. The van der Waals surface area contributed by atoms with Gasteiger partial charge in [0.15, 0.2) is 0 Å². The lowest BCUT2D eigenvalue weighted by atomic mass is 10.1. The van der Waals surface area contributed by atoms with Gasteiger partial charge in [0, 0.05) is 5.69 Å². The average Bonchev–Trinajstić information content (AvgIpc) is 2.39. The summed E-state index contributed by atoms with van der Waals surface area (Å²) in [5, 5.41) is 12.1. The normalized spacial score (nSPS) is 10.5. The molecule has 6 nitrogen and oxygen atoms in total. The fourth-order valence-corrected chi connectivity index (χ4v) is 1.55. The van der Waals surface area contributed by atoms with E-state index in [0.29, 0.717) is 11.5 Å². The molecule has 2 rings (SSSR count). The second kappa shape index (κ2) is 5.43. The van der Waals surface area contributed by atoms with E-state index in [1.54, 1.807) is 18.5 Å². The Labute approximate surface area is 110 Å². The lowest BCUT2D eigenvalue weighted by Crippen LogP contribution is -2.05. The first-order chi connectivity index (χ1) is 9.06. The van der Waals surface area contributed by atoms with Gasteiger partial charge >= 0.3 is 5.97 Å². The van der Waals surface area contributed by atoms with E-state index in [1.165, 1.54) is 12.4 Å². The summed E-state index contributed by atoms with van der Waals surface area (Å²) in [6, 6.07) is 3.07. The first kappa shape index (κ1) is 12.9. The van der Waals surface area contributed by atoms with E-state index in [-0.39, 0.29) is 11.5 Å².